The van der Waals surface area contributed by atoms with Crippen molar-refractivity contribution in [2.75, 3.05) is 13.6 Å². The van der Waals surface area contributed by atoms with Gasteiger partial charge in [-0.05, 0) is 51.9 Å². The van der Waals surface area contributed by atoms with Gasteiger partial charge in [-0.2, -0.15) is 0 Å². The lowest BCUT2D eigenvalue weighted by atomic mass is 10.0. The zero-order valence-corrected chi connectivity index (χ0v) is 12.0. The molecule has 0 heterocycles. The summed E-state index contributed by atoms with van der Waals surface area (Å²) in [7, 11) is 2.13. The largest absolute Gasteiger partial charge is 0.326 e. The third kappa shape index (κ3) is 5.07. The lowest BCUT2D eigenvalue weighted by molar-refractivity contribution is 0.238. The molecule has 0 saturated carbocycles. The Morgan fingerprint density at radius 1 is 1.29 bits per heavy atom. The fourth-order valence-electron chi connectivity index (χ4n) is 1.65. The number of hydrogen-bond acceptors (Lipinski definition) is 2. The summed E-state index contributed by atoms with van der Waals surface area (Å²) in [4.78, 5) is 2.32. The molecule has 1 unspecified atom stereocenters. The Labute approximate surface area is 110 Å². The Balaban J connectivity index is 2.57. The van der Waals surface area contributed by atoms with E-state index in [1.807, 2.05) is 12.1 Å². The molecule has 0 fully saturated rings. The third-order valence-electron chi connectivity index (χ3n) is 3.12. The number of nitrogens with two attached hydrogens (primary N) is 1. The van der Waals surface area contributed by atoms with Gasteiger partial charge < -0.3 is 5.73 Å². The van der Waals surface area contributed by atoms with Crippen LogP contribution in [0.15, 0.2) is 24.3 Å². The molecular formula is C14H23ClN2. The summed E-state index contributed by atoms with van der Waals surface area (Å²) in [6, 6.07) is 8.42. The van der Waals surface area contributed by atoms with E-state index in [1.165, 1.54) is 5.56 Å². The molecule has 96 valence electrons. The Kier molecular flexibility index (Phi) is 4.99. The predicted molar refractivity (Wildman–Crippen MR) is 75.4 cm³/mol. The summed E-state index contributed by atoms with van der Waals surface area (Å²) < 4.78 is 0. The van der Waals surface area contributed by atoms with Crippen LogP contribution in [0.25, 0.3) is 0 Å². The van der Waals surface area contributed by atoms with E-state index in [9.17, 15) is 0 Å². The van der Waals surface area contributed by atoms with Gasteiger partial charge in [-0.25, -0.2) is 0 Å². The molecule has 1 atom stereocenters. The van der Waals surface area contributed by atoms with Gasteiger partial charge >= 0.3 is 0 Å². The number of rotatable bonds is 5. The molecule has 0 spiro atoms. The molecule has 1 rings (SSSR count). The minimum absolute atomic E-state index is 0.103. The summed E-state index contributed by atoms with van der Waals surface area (Å²) in [5.41, 5.74) is 7.18. The van der Waals surface area contributed by atoms with Crippen LogP contribution in [0.2, 0.25) is 5.02 Å². The highest BCUT2D eigenvalue weighted by Crippen LogP contribution is 2.21. The molecule has 1 aromatic rings. The molecular weight excluding hydrogens is 232 g/mol. The fraction of sp³-hybridized carbons (Fsp3) is 0.571. The van der Waals surface area contributed by atoms with E-state index < -0.39 is 0 Å². The third-order valence-corrected chi connectivity index (χ3v) is 3.37. The topological polar surface area (TPSA) is 29.3 Å². The normalized spacial score (nSPS) is 14.1. The molecule has 0 aliphatic carbocycles. The minimum atomic E-state index is -0.103. The number of halogens is 1. The van der Waals surface area contributed by atoms with Crippen LogP contribution in [0.5, 0.6) is 0 Å². The molecule has 2 N–H and O–H groups in total. The highest BCUT2D eigenvalue weighted by molar-refractivity contribution is 6.30. The van der Waals surface area contributed by atoms with E-state index in [4.69, 9.17) is 17.3 Å². The van der Waals surface area contributed by atoms with Crippen LogP contribution in [0.1, 0.15) is 38.8 Å². The van der Waals surface area contributed by atoms with Crippen molar-refractivity contribution < 1.29 is 0 Å². The fourth-order valence-corrected chi connectivity index (χ4v) is 1.78. The molecule has 3 heteroatoms. The van der Waals surface area contributed by atoms with Crippen LogP contribution in [0.3, 0.4) is 0 Å². The van der Waals surface area contributed by atoms with Crippen LogP contribution < -0.4 is 5.73 Å². The first-order chi connectivity index (χ1) is 7.79. The smallest absolute Gasteiger partial charge is 0.0406 e. The zero-order valence-electron chi connectivity index (χ0n) is 11.2. The zero-order chi connectivity index (χ0) is 13.1. The highest BCUT2D eigenvalue weighted by Gasteiger charge is 2.15. The maximum atomic E-state index is 6.00. The predicted octanol–water partition coefficient (Wildman–Crippen LogP) is 3.46. The molecule has 0 aliphatic rings. The molecule has 1 aromatic carbocycles. The van der Waals surface area contributed by atoms with Gasteiger partial charge in [0.15, 0.2) is 0 Å². The van der Waals surface area contributed by atoms with Crippen molar-refractivity contribution in [2.45, 2.75) is 38.8 Å². The summed E-state index contributed by atoms with van der Waals surface area (Å²) >= 11 is 5.89. The van der Waals surface area contributed by atoms with E-state index >= 15 is 0 Å². The van der Waals surface area contributed by atoms with Gasteiger partial charge in [0.05, 0.1) is 0 Å². The summed E-state index contributed by atoms with van der Waals surface area (Å²) in [6.07, 6.45) is 0.988. The molecule has 0 saturated heterocycles. The Bertz CT molecular complexity index is 340. The quantitative estimate of drug-likeness (QED) is 0.872. The number of benzene rings is 1. The average molecular weight is 255 g/mol. The lowest BCUT2D eigenvalue weighted by Gasteiger charge is -2.28. The summed E-state index contributed by atoms with van der Waals surface area (Å²) in [6.45, 7) is 7.32. The standard InChI is InChI=1S/C14H23ClN2/c1-11(12-5-7-13(15)8-6-12)17(4)10-9-14(2,3)16/h5-8,11H,9-10,16H2,1-4H3. The Morgan fingerprint density at radius 2 is 1.82 bits per heavy atom. The van der Waals surface area contributed by atoms with Crippen molar-refractivity contribution in [3.63, 3.8) is 0 Å². The van der Waals surface area contributed by atoms with E-state index in [0.29, 0.717) is 6.04 Å². The second-order valence-electron chi connectivity index (χ2n) is 5.45. The van der Waals surface area contributed by atoms with Gasteiger partial charge in [0.1, 0.15) is 0 Å². The van der Waals surface area contributed by atoms with Crippen molar-refractivity contribution in [3.8, 4) is 0 Å². The minimum Gasteiger partial charge on any atom is -0.326 e. The van der Waals surface area contributed by atoms with Crippen LogP contribution >= 0.6 is 11.6 Å². The first-order valence-corrected chi connectivity index (χ1v) is 6.42. The second kappa shape index (κ2) is 5.85. The average Bonchev–Trinajstić information content (AvgIpc) is 2.25. The lowest BCUT2D eigenvalue weighted by Crippen LogP contribution is -2.37. The van der Waals surface area contributed by atoms with Crippen LogP contribution in [-0.4, -0.2) is 24.0 Å². The van der Waals surface area contributed by atoms with Crippen molar-refractivity contribution in [3.05, 3.63) is 34.9 Å². The number of nitrogens with zero attached hydrogens (tertiary/aromatic N) is 1. The first kappa shape index (κ1) is 14.5. The molecule has 0 aliphatic heterocycles. The van der Waals surface area contributed by atoms with Gasteiger partial charge in [-0.1, -0.05) is 23.7 Å². The van der Waals surface area contributed by atoms with Gasteiger partial charge in [-0.3, -0.25) is 4.90 Å². The van der Waals surface area contributed by atoms with Crippen molar-refractivity contribution in [1.29, 1.82) is 0 Å². The molecule has 0 aromatic heterocycles. The number of hydrogen-bond donors (Lipinski definition) is 1. The van der Waals surface area contributed by atoms with E-state index in [2.05, 4.69) is 44.9 Å². The summed E-state index contributed by atoms with van der Waals surface area (Å²) in [5.74, 6) is 0. The maximum Gasteiger partial charge on any atom is 0.0406 e. The van der Waals surface area contributed by atoms with Crippen LogP contribution in [0, 0.1) is 0 Å². The summed E-state index contributed by atoms with van der Waals surface area (Å²) in [5, 5.41) is 0.784. The Morgan fingerprint density at radius 3 is 2.29 bits per heavy atom. The molecule has 0 amide bonds. The Hall–Kier alpha value is -0.570. The van der Waals surface area contributed by atoms with Gasteiger partial charge in [0.2, 0.25) is 0 Å². The van der Waals surface area contributed by atoms with E-state index in [-0.39, 0.29) is 5.54 Å². The van der Waals surface area contributed by atoms with Gasteiger partial charge in [0, 0.05) is 23.1 Å². The van der Waals surface area contributed by atoms with Crippen LogP contribution in [0.4, 0.5) is 0 Å². The van der Waals surface area contributed by atoms with Crippen molar-refractivity contribution >= 4 is 11.6 Å². The molecule has 17 heavy (non-hydrogen) atoms. The van der Waals surface area contributed by atoms with Gasteiger partial charge in [0.25, 0.3) is 0 Å². The van der Waals surface area contributed by atoms with Crippen molar-refractivity contribution in [2.24, 2.45) is 5.73 Å². The first-order valence-electron chi connectivity index (χ1n) is 6.04. The van der Waals surface area contributed by atoms with E-state index in [1.54, 1.807) is 0 Å². The maximum absolute atomic E-state index is 6.00. The monoisotopic (exact) mass is 254 g/mol. The van der Waals surface area contributed by atoms with Gasteiger partial charge in [-0.15, -0.1) is 0 Å². The molecule has 2 nitrogen and oxygen atoms in total. The highest BCUT2D eigenvalue weighted by atomic mass is 35.5. The van der Waals surface area contributed by atoms with Crippen LogP contribution in [-0.2, 0) is 0 Å². The van der Waals surface area contributed by atoms with Crippen molar-refractivity contribution in [1.82, 2.24) is 4.90 Å². The SMILES string of the molecule is CC(c1ccc(Cl)cc1)N(C)CCC(C)(C)N. The van der Waals surface area contributed by atoms with E-state index in [0.717, 1.165) is 18.0 Å². The second-order valence-corrected chi connectivity index (χ2v) is 5.88. The molecule has 0 bridgehead atoms. The molecule has 0 radical (unpaired) electrons.